The van der Waals surface area contributed by atoms with E-state index in [1.54, 1.807) is 0 Å². The summed E-state index contributed by atoms with van der Waals surface area (Å²) in [6, 6.07) is 0. The van der Waals surface area contributed by atoms with E-state index in [0.717, 1.165) is 6.26 Å². The summed E-state index contributed by atoms with van der Waals surface area (Å²) in [5.41, 5.74) is -1.03. The first kappa shape index (κ1) is 12.0. The van der Waals surface area contributed by atoms with E-state index in [4.69, 9.17) is 0 Å². The molecule has 1 aromatic rings. The Morgan fingerprint density at radius 1 is 1.47 bits per heavy atom. The van der Waals surface area contributed by atoms with Crippen LogP contribution in [-0.4, -0.2) is 36.4 Å². The lowest BCUT2D eigenvalue weighted by Crippen LogP contribution is -2.29. The normalized spacial score (nSPS) is 15.9. The zero-order chi connectivity index (χ0) is 11.5. The zero-order valence-electron chi connectivity index (χ0n) is 8.41. The molecule has 1 N–H and O–H groups in total. The van der Waals surface area contributed by atoms with E-state index in [1.165, 1.54) is 25.6 Å². The molecule has 1 aromatic heterocycles. The molecule has 0 unspecified atom stereocenters. The van der Waals surface area contributed by atoms with Crippen molar-refractivity contribution in [2.24, 2.45) is 0 Å². The molecule has 0 fully saturated rings. The summed E-state index contributed by atoms with van der Waals surface area (Å²) in [6.07, 6.45) is 5.04. The molecule has 0 aromatic carbocycles. The third kappa shape index (κ3) is 3.90. The lowest BCUT2D eigenvalue weighted by Gasteiger charge is -2.21. The molecule has 0 aliphatic carbocycles. The highest BCUT2D eigenvalue weighted by Gasteiger charge is 2.26. The minimum Gasteiger partial charge on any atom is -0.383 e. The fourth-order valence-electron chi connectivity index (χ4n) is 0.882. The van der Waals surface area contributed by atoms with Crippen molar-refractivity contribution in [1.82, 2.24) is 9.97 Å². The lowest BCUT2D eigenvalue weighted by molar-refractivity contribution is 0.00947. The quantitative estimate of drug-likeness (QED) is 0.714. The first-order valence-electron chi connectivity index (χ1n) is 4.13. The van der Waals surface area contributed by atoms with Gasteiger partial charge in [-0.3, -0.25) is 4.18 Å². The van der Waals surface area contributed by atoms with Gasteiger partial charge in [0.2, 0.25) is 0 Å². The van der Waals surface area contributed by atoms with Crippen molar-refractivity contribution in [2.75, 3.05) is 12.9 Å². The van der Waals surface area contributed by atoms with Crippen LogP contribution in [0.2, 0.25) is 0 Å². The molecule has 1 heterocycles. The number of hydrogen-bond acceptors (Lipinski definition) is 6. The van der Waals surface area contributed by atoms with Crippen molar-refractivity contribution in [2.45, 2.75) is 12.5 Å². The largest absolute Gasteiger partial charge is 0.383 e. The standard InChI is InChI=1S/C8H12N2O4S/c1-8(11,5-14-15(2,12)13)7-3-9-6-10-4-7/h3-4,6,11H,5H2,1-2H3/t8-/m1/s1. The van der Waals surface area contributed by atoms with Gasteiger partial charge in [0.1, 0.15) is 11.9 Å². The maximum absolute atomic E-state index is 10.7. The average molecular weight is 232 g/mol. The van der Waals surface area contributed by atoms with Crippen LogP contribution in [-0.2, 0) is 19.9 Å². The van der Waals surface area contributed by atoms with Crippen molar-refractivity contribution < 1.29 is 17.7 Å². The van der Waals surface area contributed by atoms with E-state index in [2.05, 4.69) is 14.2 Å². The Morgan fingerprint density at radius 3 is 2.47 bits per heavy atom. The Morgan fingerprint density at radius 2 is 2.00 bits per heavy atom. The molecule has 1 rings (SSSR count). The predicted molar refractivity (Wildman–Crippen MR) is 52.4 cm³/mol. The highest BCUT2D eigenvalue weighted by atomic mass is 32.2. The Balaban J connectivity index is 2.76. The van der Waals surface area contributed by atoms with Crippen LogP contribution in [0.4, 0.5) is 0 Å². The monoisotopic (exact) mass is 232 g/mol. The molecular formula is C8H12N2O4S. The number of aromatic nitrogens is 2. The van der Waals surface area contributed by atoms with E-state index < -0.39 is 15.7 Å². The van der Waals surface area contributed by atoms with Crippen LogP contribution >= 0.6 is 0 Å². The van der Waals surface area contributed by atoms with Crippen LogP contribution in [0, 0.1) is 0 Å². The topological polar surface area (TPSA) is 89.4 Å². The van der Waals surface area contributed by atoms with E-state index >= 15 is 0 Å². The van der Waals surface area contributed by atoms with E-state index in [9.17, 15) is 13.5 Å². The molecular weight excluding hydrogens is 220 g/mol. The van der Waals surface area contributed by atoms with Crippen LogP contribution in [0.3, 0.4) is 0 Å². The summed E-state index contributed by atoms with van der Waals surface area (Å²) in [4.78, 5) is 7.44. The van der Waals surface area contributed by atoms with Crippen LogP contribution in [0.15, 0.2) is 18.7 Å². The molecule has 0 bridgehead atoms. The van der Waals surface area contributed by atoms with E-state index in [1.807, 2.05) is 0 Å². The Labute approximate surface area is 88.1 Å². The second-order valence-electron chi connectivity index (χ2n) is 3.37. The third-order valence-electron chi connectivity index (χ3n) is 1.74. The fraction of sp³-hybridized carbons (Fsp3) is 0.500. The number of aliphatic hydroxyl groups is 1. The van der Waals surface area contributed by atoms with E-state index in [-0.39, 0.29) is 6.61 Å². The molecule has 0 aliphatic rings. The first-order valence-corrected chi connectivity index (χ1v) is 5.95. The Bertz CT molecular complexity index is 416. The van der Waals surface area contributed by atoms with Gasteiger partial charge in [-0.2, -0.15) is 8.42 Å². The molecule has 1 atom stereocenters. The predicted octanol–water partition coefficient (Wildman–Crippen LogP) is -0.340. The second-order valence-corrected chi connectivity index (χ2v) is 5.01. The van der Waals surface area contributed by atoms with Gasteiger partial charge in [0.15, 0.2) is 0 Å². The van der Waals surface area contributed by atoms with E-state index in [0.29, 0.717) is 5.56 Å². The lowest BCUT2D eigenvalue weighted by atomic mass is 10.0. The third-order valence-corrected chi connectivity index (χ3v) is 2.28. The van der Waals surface area contributed by atoms with Crippen LogP contribution in [0.5, 0.6) is 0 Å². The fourth-order valence-corrected chi connectivity index (χ4v) is 1.33. The van der Waals surface area contributed by atoms with Crippen LogP contribution in [0.25, 0.3) is 0 Å². The molecule has 0 amide bonds. The van der Waals surface area contributed by atoms with Gasteiger partial charge in [-0.05, 0) is 6.92 Å². The maximum Gasteiger partial charge on any atom is 0.264 e. The number of rotatable bonds is 4. The van der Waals surface area contributed by atoms with Crippen molar-refractivity contribution in [3.63, 3.8) is 0 Å². The van der Waals surface area contributed by atoms with Gasteiger partial charge in [0.25, 0.3) is 10.1 Å². The average Bonchev–Trinajstić information content (AvgIpc) is 2.16. The molecule has 84 valence electrons. The second kappa shape index (κ2) is 4.21. The van der Waals surface area contributed by atoms with Crippen molar-refractivity contribution in [3.8, 4) is 0 Å². The summed E-state index contributed by atoms with van der Waals surface area (Å²) in [5, 5.41) is 9.88. The summed E-state index contributed by atoms with van der Waals surface area (Å²) in [7, 11) is -3.57. The van der Waals surface area contributed by atoms with Gasteiger partial charge in [-0.1, -0.05) is 0 Å². The van der Waals surface area contributed by atoms with Crippen molar-refractivity contribution in [3.05, 3.63) is 24.3 Å². The van der Waals surface area contributed by atoms with Gasteiger partial charge in [0, 0.05) is 18.0 Å². The van der Waals surface area contributed by atoms with Crippen molar-refractivity contribution in [1.29, 1.82) is 0 Å². The van der Waals surface area contributed by atoms with Gasteiger partial charge < -0.3 is 5.11 Å². The Kier molecular flexibility index (Phi) is 3.38. The van der Waals surface area contributed by atoms with Gasteiger partial charge in [-0.25, -0.2) is 9.97 Å². The minimum atomic E-state index is -3.57. The molecule has 0 aliphatic heterocycles. The maximum atomic E-state index is 10.7. The minimum absolute atomic E-state index is 0.362. The smallest absolute Gasteiger partial charge is 0.264 e. The van der Waals surface area contributed by atoms with Crippen LogP contribution < -0.4 is 0 Å². The summed E-state index contributed by atoms with van der Waals surface area (Å²) in [6.45, 7) is 1.07. The van der Waals surface area contributed by atoms with Crippen molar-refractivity contribution >= 4 is 10.1 Å². The van der Waals surface area contributed by atoms with Crippen LogP contribution in [0.1, 0.15) is 12.5 Å². The zero-order valence-corrected chi connectivity index (χ0v) is 9.23. The highest BCUT2D eigenvalue weighted by Crippen LogP contribution is 2.19. The SMILES string of the molecule is C[C@@](O)(COS(C)(=O)=O)c1cncnc1. The van der Waals surface area contributed by atoms with Gasteiger partial charge in [0.05, 0.1) is 12.9 Å². The number of hydrogen-bond donors (Lipinski definition) is 1. The molecule has 0 spiro atoms. The molecule has 0 saturated heterocycles. The Hall–Kier alpha value is -1.05. The molecule has 7 heteroatoms. The molecule has 15 heavy (non-hydrogen) atoms. The molecule has 0 radical (unpaired) electrons. The van der Waals surface area contributed by atoms with Gasteiger partial charge >= 0.3 is 0 Å². The van der Waals surface area contributed by atoms with Gasteiger partial charge in [-0.15, -0.1) is 0 Å². The first-order chi connectivity index (χ1) is 6.81. The molecule has 0 saturated carbocycles. The molecule has 6 nitrogen and oxygen atoms in total. The number of nitrogens with zero attached hydrogens (tertiary/aromatic N) is 2. The highest BCUT2D eigenvalue weighted by molar-refractivity contribution is 7.85. The summed E-state index contributed by atoms with van der Waals surface area (Å²) < 4.78 is 26.0. The summed E-state index contributed by atoms with van der Waals surface area (Å²) >= 11 is 0. The summed E-state index contributed by atoms with van der Waals surface area (Å²) in [5.74, 6) is 0.